The summed E-state index contributed by atoms with van der Waals surface area (Å²) in [6, 6.07) is 8.25. The highest BCUT2D eigenvalue weighted by molar-refractivity contribution is 5.85. The number of hydrogen-bond acceptors (Lipinski definition) is 4. The Morgan fingerprint density at radius 3 is 3.05 bits per heavy atom. The average Bonchev–Trinajstić information content (AvgIpc) is 2.87. The predicted octanol–water partition coefficient (Wildman–Crippen LogP) is 3.20. The molecule has 104 valence electrons. The molecule has 1 aliphatic rings. The Morgan fingerprint density at radius 1 is 1.35 bits per heavy atom. The highest BCUT2D eigenvalue weighted by Crippen LogP contribution is 2.28. The Balaban J connectivity index is 1.75. The molecule has 1 saturated carbocycles. The molecule has 1 heterocycles. The van der Waals surface area contributed by atoms with Crippen molar-refractivity contribution in [3.8, 4) is 0 Å². The van der Waals surface area contributed by atoms with Crippen molar-refractivity contribution in [1.29, 1.82) is 0 Å². The van der Waals surface area contributed by atoms with Crippen molar-refractivity contribution in [1.82, 2.24) is 10.1 Å². The van der Waals surface area contributed by atoms with Crippen LogP contribution in [0.2, 0.25) is 0 Å². The predicted molar refractivity (Wildman–Crippen MR) is 74.5 cm³/mol. The van der Waals surface area contributed by atoms with E-state index in [0.29, 0.717) is 24.6 Å². The lowest BCUT2D eigenvalue weighted by Crippen LogP contribution is -2.17. The minimum absolute atomic E-state index is 0.178. The van der Waals surface area contributed by atoms with E-state index in [1.807, 2.05) is 6.07 Å². The van der Waals surface area contributed by atoms with Gasteiger partial charge < -0.3 is 4.52 Å². The van der Waals surface area contributed by atoms with Crippen LogP contribution in [0.15, 0.2) is 28.8 Å². The summed E-state index contributed by atoms with van der Waals surface area (Å²) in [5, 5.41) is 4.01. The van der Waals surface area contributed by atoms with Crippen LogP contribution < -0.4 is 0 Å². The molecule has 0 spiro atoms. The summed E-state index contributed by atoms with van der Waals surface area (Å²) in [6.45, 7) is 2.06. The Hall–Kier alpha value is -1.97. The second-order valence-corrected chi connectivity index (χ2v) is 5.48. The molecule has 0 saturated heterocycles. The third-order valence-electron chi connectivity index (χ3n) is 3.78. The number of rotatable bonds is 3. The van der Waals surface area contributed by atoms with Gasteiger partial charge in [-0.05, 0) is 25.3 Å². The molecule has 4 heteroatoms. The molecule has 0 amide bonds. The fraction of sp³-hybridized carbons (Fsp3) is 0.438. The summed E-state index contributed by atoms with van der Waals surface area (Å²) in [5.74, 6) is 1.21. The van der Waals surface area contributed by atoms with Crippen LogP contribution >= 0.6 is 0 Å². The summed E-state index contributed by atoms with van der Waals surface area (Å²) in [7, 11) is 0. The van der Waals surface area contributed by atoms with Gasteiger partial charge in [0.25, 0.3) is 0 Å². The first kappa shape index (κ1) is 13.0. The van der Waals surface area contributed by atoms with Gasteiger partial charge in [-0.25, -0.2) is 0 Å². The van der Waals surface area contributed by atoms with Crippen molar-refractivity contribution in [3.63, 3.8) is 0 Å². The zero-order valence-electron chi connectivity index (χ0n) is 11.6. The summed E-state index contributed by atoms with van der Waals surface area (Å²) in [4.78, 5) is 16.3. The maximum atomic E-state index is 11.9. The lowest BCUT2D eigenvalue weighted by molar-refractivity contribution is -0.122. The third kappa shape index (κ3) is 2.79. The normalized spacial score (nSPS) is 19.2. The van der Waals surface area contributed by atoms with Gasteiger partial charge in [0.05, 0.1) is 5.92 Å². The first-order chi connectivity index (χ1) is 9.72. The van der Waals surface area contributed by atoms with Gasteiger partial charge in [-0.15, -0.1) is 0 Å². The lowest BCUT2D eigenvalue weighted by Gasteiger charge is -2.16. The molecule has 1 aromatic heterocycles. The summed E-state index contributed by atoms with van der Waals surface area (Å²) in [6.07, 6.45) is 4.17. The van der Waals surface area contributed by atoms with Crippen molar-refractivity contribution < 1.29 is 9.32 Å². The second-order valence-electron chi connectivity index (χ2n) is 5.48. The minimum Gasteiger partial charge on any atom is -0.339 e. The number of aromatic nitrogens is 2. The van der Waals surface area contributed by atoms with Crippen LogP contribution in [0.1, 0.15) is 54.4 Å². The van der Waals surface area contributed by atoms with E-state index >= 15 is 0 Å². The molecule has 0 N–H and O–H groups in total. The van der Waals surface area contributed by atoms with Gasteiger partial charge in [0.1, 0.15) is 5.78 Å². The zero-order chi connectivity index (χ0) is 13.9. The van der Waals surface area contributed by atoms with E-state index in [0.717, 1.165) is 24.8 Å². The number of carbonyl (C=O) groups is 1. The first-order valence-electron chi connectivity index (χ1n) is 7.13. The summed E-state index contributed by atoms with van der Waals surface area (Å²) in [5.41, 5.74) is 2.38. The van der Waals surface area contributed by atoms with Crippen LogP contribution in [0.3, 0.4) is 0 Å². The fourth-order valence-electron chi connectivity index (χ4n) is 2.73. The van der Waals surface area contributed by atoms with Gasteiger partial charge >= 0.3 is 0 Å². The van der Waals surface area contributed by atoms with E-state index in [-0.39, 0.29) is 11.7 Å². The minimum atomic E-state index is -0.178. The maximum absolute atomic E-state index is 11.9. The van der Waals surface area contributed by atoms with Gasteiger partial charge in [-0.1, -0.05) is 41.4 Å². The first-order valence-corrected chi connectivity index (χ1v) is 7.13. The average molecular weight is 270 g/mol. The molecule has 1 unspecified atom stereocenters. The van der Waals surface area contributed by atoms with Crippen molar-refractivity contribution in [3.05, 3.63) is 47.1 Å². The Kier molecular flexibility index (Phi) is 3.63. The van der Waals surface area contributed by atoms with Crippen molar-refractivity contribution in [2.75, 3.05) is 0 Å². The Bertz CT molecular complexity index is 618. The molecule has 1 atom stereocenters. The standard InChI is InChI=1S/C16H18N2O2/c1-11-5-4-6-12(9-11)10-15-17-16(20-18-15)13-7-2-3-8-14(13)19/h4-6,9,13H,2-3,7-8,10H2,1H3. The van der Waals surface area contributed by atoms with E-state index in [2.05, 4.69) is 35.3 Å². The molecule has 0 bridgehead atoms. The van der Waals surface area contributed by atoms with E-state index in [9.17, 15) is 4.79 Å². The van der Waals surface area contributed by atoms with Gasteiger partial charge in [-0.2, -0.15) is 4.98 Å². The number of nitrogens with zero attached hydrogens (tertiary/aromatic N) is 2. The second kappa shape index (κ2) is 5.57. The topological polar surface area (TPSA) is 56.0 Å². The van der Waals surface area contributed by atoms with Crippen LogP contribution in [-0.4, -0.2) is 15.9 Å². The van der Waals surface area contributed by atoms with Crippen molar-refractivity contribution >= 4 is 5.78 Å². The van der Waals surface area contributed by atoms with Crippen molar-refractivity contribution in [2.45, 2.75) is 44.9 Å². The lowest BCUT2D eigenvalue weighted by atomic mass is 9.88. The monoisotopic (exact) mass is 270 g/mol. The molecule has 0 aliphatic heterocycles. The van der Waals surface area contributed by atoms with Crippen LogP contribution in [-0.2, 0) is 11.2 Å². The van der Waals surface area contributed by atoms with Crippen LogP contribution in [0, 0.1) is 6.92 Å². The molecule has 0 radical (unpaired) electrons. The number of ketones is 1. The number of benzene rings is 1. The van der Waals surface area contributed by atoms with E-state index in [4.69, 9.17) is 4.52 Å². The van der Waals surface area contributed by atoms with E-state index in [1.165, 1.54) is 5.56 Å². The van der Waals surface area contributed by atoms with Gasteiger partial charge in [-0.3, -0.25) is 4.79 Å². The van der Waals surface area contributed by atoms with Gasteiger partial charge in [0.2, 0.25) is 5.89 Å². The molecule has 1 aliphatic carbocycles. The Morgan fingerprint density at radius 2 is 2.25 bits per heavy atom. The van der Waals surface area contributed by atoms with Crippen LogP contribution in [0.5, 0.6) is 0 Å². The largest absolute Gasteiger partial charge is 0.339 e. The highest BCUT2D eigenvalue weighted by Gasteiger charge is 2.28. The molecule has 20 heavy (non-hydrogen) atoms. The maximum Gasteiger partial charge on any atom is 0.237 e. The fourth-order valence-corrected chi connectivity index (χ4v) is 2.73. The molecule has 3 rings (SSSR count). The summed E-state index contributed by atoms with van der Waals surface area (Å²) < 4.78 is 5.30. The number of Topliss-reactive ketones (excluding diaryl/α,β-unsaturated/α-hetero) is 1. The van der Waals surface area contributed by atoms with Crippen molar-refractivity contribution in [2.24, 2.45) is 0 Å². The smallest absolute Gasteiger partial charge is 0.237 e. The molecule has 2 aromatic rings. The van der Waals surface area contributed by atoms with Gasteiger partial charge in [0.15, 0.2) is 5.82 Å². The molecular formula is C16H18N2O2. The van der Waals surface area contributed by atoms with E-state index < -0.39 is 0 Å². The van der Waals surface area contributed by atoms with E-state index in [1.54, 1.807) is 0 Å². The molecule has 4 nitrogen and oxygen atoms in total. The summed E-state index contributed by atoms with van der Waals surface area (Å²) >= 11 is 0. The van der Waals surface area contributed by atoms with Crippen LogP contribution in [0.4, 0.5) is 0 Å². The SMILES string of the molecule is Cc1cccc(Cc2noc(C3CCCCC3=O)n2)c1. The molecular weight excluding hydrogens is 252 g/mol. The Labute approximate surface area is 118 Å². The highest BCUT2D eigenvalue weighted by atomic mass is 16.5. The van der Waals surface area contributed by atoms with Gasteiger partial charge in [0, 0.05) is 12.8 Å². The molecule has 1 aromatic carbocycles. The number of aryl methyl sites for hydroxylation is 1. The number of carbonyl (C=O) groups excluding carboxylic acids is 1. The number of hydrogen-bond donors (Lipinski definition) is 0. The van der Waals surface area contributed by atoms with Crippen LogP contribution in [0.25, 0.3) is 0 Å². The zero-order valence-corrected chi connectivity index (χ0v) is 11.6. The molecule has 1 fully saturated rings. The quantitative estimate of drug-likeness (QED) is 0.859. The third-order valence-corrected chi connectivity index (χ3v) is 3.78.